The summed E-state index contributed by atoms with van der Waals surface area (Å²) in [5, 5.41) is 18.2. The monoisotopic (exact) mass is 221 g/mol. The van der Waals surface area contributed by atoms with Gasteiger partial charge in [0.2, 0.25) is 0 Å². The molecule has 0 aliphatic rings. The van der Waals surface area contributed by atoms with Crippen LogP contribution in [0.4, 0.5) is 0 Å². The zero-order valence-electron chi connectivity index (χ0n) is 8.89. The topological polar surface area (TPSA) is 83.6 Å². The molecule has 0 amide bonds. The number of benzene rings is 1. The molecule has 0 aliphatic carbocycles. The number of hydrogen-bond acceptors (Lipinski definition) is 3. The normalized spacial score (nSPS) is 10.8. The predicted molar refractivity (Wildman–Crippen MR) is 62.2 cm³/mol. The number of nitrogens with two attached hydrogens (primary N) is 1. The number of carbonyl (C=O) groups is 1. The van der Waals surface area contributed by atoms with Crippen molar-refractivity contribution in [1.82, 2.24) is 0 Å². The van der Waals surface area contributed by atoms with Crippen molar-refractivity contribution >= 4 is 12.0 Å². The Morgan fingerprint density at radius 2 is 2.19 bits per heavy atom. The number of phenols is 1. The zero-order chi connectivity index (χ0) is 12.0. The Balaban J connectivity index is 2.85. The van der Waals surface area contributed by atoms with E-state index >= 15 is 0 Å². The Labute approximate surface area is 94.0 Å². The first-order valence-corrected chi connectivity index (χ1v) is 5.03. The minimum absolute atomic E-state index is 0.0436. The highest BCUT2D eigenvalue weighted by atomic mass is 16.4. The van der Waals surface area contributed by atoms with Crippen molar-refractivity contribution in [3.63, 3.8) is 0 Å². The van der Waals surface area contributed by atoms with E-state index in [0.29, 0.717) is 17.7 Å². The van der Waals surface area contributed by atoms with Crippen molar-refractivity contribution < 1.29 is 15.0 Å². The lowest BCUT2D eigenvalue weighted by molar-refractivity contribution is -0.136. The summed E-state index contributed by atoms with van der Waals surface area (Å²) in [6, 6.07) is 4.76. The van der Waals surface area contributed by atoms with Gasteiger partial charge in [-0.05, 0) is 30.7 Å². The van der Waals surface area contributed by atoms with E-state index in [2.05, 4.69) is 0 Å². The van der Waals surface area contributed by atoms with E-state index in [1.54, 1.807) is 18.2 Å². The fraction of sp³-hybridized carbons (Fsp3) is 0.250. The van der Waals surface area contributed by atoms with Gasteiger partial charge in [-0.3, -0.25) is 4.79 Å². The average molecular weight is 221 g/mol. The maximum atomic E-state index is 10.5. The average Bonchev–Trinajstić information content (AvgIpc) is 2.22. The first-order chi connectivity index (χ1) is 7.63. The second kappa shape index (κ2) is 5.92. The second-order valence-electron chi connectivity index (χ2n) is 3.44. The molecule has 4 nitrogen and oxygen atoms in total. The van der Waals surface area contributed by atoms with Crippen LogP contribution in [0.5, 0.6) is 5.75 Å². The van der Waals surface area contributed by atoms with Crippen LogP contribution in [0.1, 0.15) is 17.5 Å². The minimum Gasteiger partial charge on any atom is -0.507 e. The third-order valence-corrected chi connectivity index (χ3v) is 2.08. The molecule has 16 heavy (non-hydrogen) atoms. The summed E-state index contributed by atoms with van der Waals surface area (Å²) in [5.74, 6) is -0.745. The van der Waals surface area contributed by atoms with E-state index in [9.17, 15) is 9.90 Å². The van der Waals surface area contributed by atoms with Crippen molar-refractivity contribution in [3.05, 3.63) is 35.4 Å². The first kappa shape index (κ1) is 12.3. The van der Waals surface area contributed by atoms with Gasteiger partial charge in [0.25, 0.3) is 0 Å². The van der Waals surface area contributed by atoms with Crippen molar-refractivity contribution in [2.24, 2.45) is 5.73 Å². The van der Waals surface area contributed by atoms with E-state index < -0.39 is 5.97 Å². The van der Waals surface area contributed by atoms with Crippen LogP contribution < -0.4 is 5.73 Å². The highest BCUT2D eigenvalue weighted by Gasteiger charge is 2.03. The van der Waals surface area contributed by atoms with Gasteiger partial charge in [-0.15, -0.1) is 0 Å². The molecule has 1 rings (SSSR count). The van der Waals surface area contributed by atoms with Gasteiger partial charge in [-0.2, -0.15) is 0 Å². The number of rotatable bonds is 5. The van der Waals surface area contributed by atoms with E-state index in [0.717, 1.165) is 6.42 Å². The molecule has 0 heterocycles. The third kappa shape index (κ3) is 3.74. The van der Waals surface area contributed by atoms with Gasteiger partial charge >= 0.3 is 5.97 Å². The summed E-state index contributed by atoms with van der Waals surface area (Å²) < 4.78 is 0. The molecule has 1 aromatic carbocycles. The van der Waals surface area contributed by atoms with Crippen molar-refractivity contribution in [2.75, 3.05) is 6.54 Å². The van der Waals surface area contributed by atoms with Gasteiger partial charge < -0.3 is 15.9 Å². The van der Waals surface area contributed by atoms with E-state index in [1.807, 2.05) is 6.08 Å². The summed E-state index contributed by atoms with van der Waals surface area (Å²) in [6.45, 7) is 0.548. The van der Waals surface area contributed by atoms with Gasteiger partial charge in [0.1, 0.15) is 5.75 Å². The SMILES string of the molecule is NCCC=Cc1cc(CC(=O)O)ccc1O. The smallest absolute Gasteiger partial charge is 0.307 e. The van der Waals surface area contributed by atoms with Crippen LogP contribution in [0.25, 0.3) is 6.08 Å². The molecule has 86 valence electrons. The van der Waals surface area contributed by atoms with E-state index in [4.69, 9.17) is 10.8 Å². The van der Waals surface area contributed by atoms with Gasteiger partial charge in [-0.1, -0.05) is 18.2 Å². The molecule has 4 N–H and O–H groups in total. The molecular formula is C12H15NO3. The van der Waals surface area contributed by atoms with Crippen LogP contribution in [0.2, 0.25) is 0 Å². The van der Waals surface area contributed by atoms with Crippen LogP contribution in [0.15, 0.2) is 24.3 Å². The maximum absolute atomic E-state index is 10.5. The summed E-state index contributed by atoms with van der Waals surface area (Å²) >= 11 is 0. The van der Waals surface area contributed by atoms with Gasteiger partial charge in [-0.25, -0.2) is 0 Å². The third-order valence-electron chi connectivity index (χ3n) is 2.08. The fourth-order valence-corrected chi connectivity index (χ4v) is 1.33. The number of hydrogen-bond donors (Lipinski definition) is 3. The molecule has 0 saturated heterocycles. The van der Waals surface area contributed by atoms with E-state index in [1.165, 1.54) is 6.07 Å². The zero-order valence-corrected chi connectivity index (χ0v) is 8.89. The Morgan fingerprint density at radius 3 is 2.81 bits per heavy atom. The highest BCUT2D eigenvalue weighted by molar-refractivity contribution is 5.71. The van der Waals surface area contributed by atoms with Crippen molar-refractivity contribution in [2.45, 2.75) is 12.8 Å². The molecule has 0 saturated carbocycles. The lowest BCUT2D eigenvalue weighted by Gasteiger charge is -2.02. The lowest BCUT2D eigenvalue weighted by Crippen LogP contribution is -2.00. The van der Waals surface area contributed by atoms with Crippen LogP contribution in [0.3, 0.4) is 0 Å². The molecule has 0 aromatic heterocycles. The fourth-order valence-electron chi connectivity index (χ4n) is 1.33. The lowest BCUT2D eigenvalue weighted by atomic mass is 10.1. The Morgan fingerprint density at radius 1 is 1.44 bits per heavy atom. The second-order valence-corrected chi connectivity index (χ2v) is 3.44. The highest BCUT2D eigenvalue weighted by Crippen LogP contribution is 2.20. The standard InChI is InChI=1S/C12H15NO3/c13-6-2-1-3-10-7-9(8-12(15)16)4-5-11(10)14/h1,3-5,7,14H,2,6,8,13H2,(H,15,16). The number of carboxylic acid groups (broad SMARTS) is 1. The molecular weight excluding hydrogens is 206 g/mol. The summed E-state index contributed by atoms with van der Waals surface area (Å²) in [6.07, 6.45) is 4.27. The Kier molecular flexibility index (Phi) is 4.54. The summed E-state index contributed by atoms with van der Waals surface area (Å²) in [4.78, 5) is 10.5. The van der Waals surface area contributed by atoms with Crippen LogP contribution in [-0.2, 0) is 11.2 Å². The summed E-state index contributed by atoms with van der Waals surface area (Å²) in [5.41, 5.74) is 6.62. The number of phenolic OH excluding ortho intramolecular Hbond substituents is 1. The predicted octanol–water partition coefficient (Wildman–Crippen LogP) is 1.38. The first-order valence-electron chi connectivity index (χ1n) is 5.03. The van der Waals surface area contributed by atoms with E-state index in [-0.39, 0.29) is 12.2 Å². The largest absolute Gasteiger partial charge is 0.507 e. The van der Waals surface area contributed by atoms with Gasteiger partial charge in [0.15, 0.2) is 0 Å². The van der Waals surface area contributed by atoms with Gasteiger partial charge in [0.05, 0.1) is 6.42 Å². The number of aromatic hydroxyl groups is 1. The molecule has 0 aliphatic heterocycles. The number of carboxylic acids is 1. The molecule has 0 spiro atoms. The molecule has 0 unspecified atom stereocenters. The molecule has 0 atom stereocenters. The Hall–Kier alpha value is -1.81. The quantitative estimate of drug-likeness (QED) is 0.701. The minimum atomic E-state index is -0.887. The Bertz CT molecular complexity index is 399. The molecule has 4 heteroatoms. The maximum Gasteiger partial charge on any atom is 0.307 e. The van der Waals surface area contributed by atoms with Crippen LogP contribution in [-0.4, -0.2) is 22.7 Å². The molecule has 0 fully saturated rings. The van der Waals surface area contributed by atoms with Gasteiger partial charge in [0, 0.05) is 5.56 Å². The summed E-state index contributed by atoms with van der Waals surface area (Å²) in [7, 11) is 0. The number of aliphatic carboxylic acids is 1. The van der Waals surface area contributed by atoms with Crippen molar-refractivity contribution in [1.29, 1.82) is 0 Å². The molecule has 1 aromatic rings. The molecule has 0 bridgehead atoms. The molecule has 0 radical (unpaired) electrons. The van der Waals surface area contributed by atoms with Crippen LogP contribution >= 0.6 is 0 Å². The van der Waals surface area contributed by atoms with Crippen LogP contribution in [0, 0.1) is 0 Å². The van der Waals surface area contributed by atoms with Crippen molar-refractivity contribution in [3.8, 4) is 5.75 Å².